The number of carboxylic acids is 1. The van der Waals surface area contributed by atoms with E-state index in [2.05, 4.69) is 26.6 Å². The Hall–Kier alpha value is -1.56. The summed E-state index contributed by atoms with van der Waals surface area (Å²) in [5.41, 5.74) is 0.595. The van der Waals surface area contributed by atoms with Crippen LogP contribution >= 0.6 is 15.9 Å². The summed E-state index contributed by atoms with van der Waals surface area (Å²) >= 11 is 3.23. The quantitative estimate of drug-likeness (QED) is 0.786. The van der Waals surface area contributed by atoms with E-state index in [1.807, 2.05) is 0 Å². The Bertz CT molecular complexity index is 513. The zero-order chi connectivity index (χ0) is 14.5. The largest absolute Gasteiger partial charge is 0.478 e. The molecule has 0 aromatic heterocycles. The number of carboxylic acid groups (broad SMARTS) is 1. The first-order valence-corrected chi connectivity index (χ1v) is 7.45. The van der Waals surface area contributed by atoms with Crippen molar-refractivity contribution < 1.29 is 14.7 Å². The van der Waals surface area contributed by atoms with Gasteiger partial charge in [0, 0.05) is 16.2 Å². The lowest BCUT2D eigenvalue weighted by Crippen LogP contribution is -2.39. The monoisotopic (exact) mass is 340 g/mol. The van der Waals surface area contributed by atoms with Crippen LogP contribution in [-0.2, 0) is 0 Å². The van der Waals surface area contributed by atoms with E-state index in [1.165, 1.54) is 18.6 Å². The number of halogens is 1. The number of carbonyl (C=O) groups is 2. The number of amides is 2. The van der Waals surface area contributed by atoms with Crippen molar-refractivity contribution >= 4 is 33.6 Å². The zero-order valence-corrected chi connectivity index (χ0v) is 12.6. The number of hydrogen-bond acceptors (Lipinski definition) is 2. The first-order valence-electron chi connectivity index (χ1n) is 6.66. The molecule has 0 atom stereocenters. The second kappa shape index (κ2) is 6.74. The van der Waals surface area contributed by atoms with Crippen LogP contribution in [-0.4, -0.2) is 23.1 Å². The molecule has 0 radical (unpaired) electrons. The molecule has 0 aliphatic heterocycles. The molecule has 108 valence electrons. The van der Waals surface area contributed by atoms with Crippen LogP contribution in [0.3, 0.4) is 0 Å². The normalized spacial score (nSPS) is 15.7. The minimum Gasteiger partial charge on any atom is -0.478 e. The Balaban J connectivity index is 1.98. The van der Waals surface area contributed by atoms with Gasteiger partial charge in [-0.25, -0.2) is 9.59 Å². The van der Waals surface area contributed by atoms with Crippen molar-refractivity contribution in [2.45, 2.75) is 38.1 Å². The maximum atomic E-state index is 11.9. The molecule has 2 amide bonds. The molecular formula is C14H17BrN2O3. The Kier molecular flexibility index (Phi) is 5.00. The number of carbonyl (C=O) groups excluding carboxylic acids is 1. The molecule has 0 spiro atoms. The summed E-state index contributed by atoms with van der Waals surface area (Å²) in [7, 11) is 0. The third-order valence-electron chi connectivity index (χ3n) is 3.34. The molecule has 2 rings (SSSR count). The van der Waals surface area contributed by atoms with Gasteiger partial charge in [0.2, 0.25) is 0 Å². The molecular weight excluding hydrogens is 324 g/mol. The van der Waals surface area contributed by atoms with Gasteiger partial charge in [-0.2, -0.15) is 0 Å². The van der Waals surface area contributed by atoms with Crippen LogP contribution < -0.4 is 10.6 Å². The number of urea groups is 1. The topological polar surface area (TPSA) is 78.4 Å². The van der Waals surface area contributed by atoms with E-state index in [0.717, 1.165) is 25.7 Å². The second-order valence-corrected chi connectivity index (χ2v) is 5.88. The molecule has 1 aromatic rings. The average molecular weight is 341 g/mol. The third-order valence-corrected chi connectivity index (χ3v) is 3.80. The molecule has 0 unspecified atom stereocenters. The fourth-order valence-electron chi connectivity index (χ4n) is 2.38. The Morgan fingerprint density at radius 3 is 2.50 bits per heavy atom. The minimum absolute atomic E-state index is 0.132. The number of anilines is 1. The van der Waals surface area contributed by atoms with Gasteiger partial charge in [-0.05, 0) is 31.0 Å². The molecule has 5 nitrogen and oxygen atoms in total. The second-order valence-electron chi connectivity index (χ2n) is 4.97. The lowest BCUT2D eigenvalue weighted by atomic mass is 9.96. The molecule has 20 heavy (non-hydrogen) atoms. The van der Waals surface area contributed by atoms with Gasteiger partial charge in [-0.1, -0.05) is 35.2 Å². The summed E-state index contributed by atoms with van der Waals surface area (Å²) in [5, 5.41) is 14.6. The van der Waals surface area contributed by atoms with Gasteiger partial charge in [0.05, 0.1) is 5.56 Å². The van der Waals surface area contributed by atoms with E-state index >= 15 is 0 Å². The summed E-state index contributed by atoms with van der Waals surface area (Å²) in [6, 6.07) is 4.54. The fraction of sp³-hybridized carbons (Fsp3) is 0.429. The molecule has 1 fully saturated rings. The van der Waals surface area contributed by atoms with Crippen molar-refractivity contribution in [3.8, 4) is 0 Å². The SMILES string of the molecule is O=C(Nc1cc(Br)cc(C(=O)O)c1)NC1CCCCC1. The molecule has 3 N–H and O–H groups in total. The summed E-state index contributed by atoms with van der Waals surface area (Å²) < 4.78 is 0.616. The number of benzene rings is 1. The Labute approximate surface area is 125 Å². The summed E-state index contributed by atoms with van der Waals surface area (Å²) in [4.78, 5) is 22.8. The van der Waals surface area contributed by atoms with Crippen molar-refractivity contribution in [2.24, 2.45) is 0 Å². The molecule has 0 bridgehead atoms. The van der Waals surface area contributed by atoms with Crippen LogP contribution in [0.5, 0.6) is 0 Å². The minimum atomic E-state index is -1.03. The van der Waals surface area contributed by atoms with E-state index in [1.54, 1.807) is 6.07 Å². The molecule has 1 aliphatic carbocycles. The summed E-state index contributed by atoms with van der Waals surface area (Å²) in [6.45, 7) is 0. The van der Waals surface area contributed by atoms with Gasteiger partial charge in [-0.15, -0.1) is 0 Å². The zero-order valence-electron chi connectivity index (χ0n) is 11.0. The van der Waals surface area contributed by atoms with Crippen molar-refractivity contribution in [2.75, 3.05) is 5.32 Å². The van der Waals surface area contributed by atoms with E-state index < -0.39 is 5.97 Å². The Morgan fingerprint density at radius 1 is 1.15 bits per heavy atom. The third kappa shape index (κ3) is 4.23. The fourth-order valence-corrected chi connectivity index (χ4v) is 2.88. The van der Waals surface area contributed by atoms with Gasteiger partial charge >= 0.3 is 12.0 Å². The highest BCUT2D eigenvalue weighted by Crippen LogP contribution is 2.20. The highest BCUT2D eigenvalue weighted by atomic mass is 79.9. The van der Waals surface area contributed by atoms with Crippen molar-refractivity contribution in [3.05, 3.63) is 28.2 Å². The van der Waals surface area contributed by atoms with Crippen LogP contribution in [0, 0.1) is 0 Å². The van der Waals surface area contributed by atoms with E-state index in [4.69, 9.17) is 5.11 Å². The van der Waals surface area contributed by atoms with Crippen molar-refractivity contribution in [3.63, 3.8) is 0 Å². The molecule has 1 aromatic carbocycles. The lowest BCUT2D eigenvalue weighted by molar-refractivity contribution is 0.0697. The highest BCUT2D eigenvalue weighted by molar-refractivity contribution is 9.10. The van der Waals surface area contributed by atoms with Crippen LogP contribution in [0.25, 0.3) is 0 Å². The molecule has 1 aliphatic rings. The summed E-state index contributed by atoms with van der Waals surface area (Å²) in [5.74, 6) is -1.03. The van der Waals surface area contributed by atoms with Crippen LogP contribution in [0.2, 0.25) is 0 Å². The van der Waals surface area contributed by atoms with Crippen LogP contribution in [0.4, 0.5) is 10.5 Å². The van der Waals surface area contributed by atoms with E-state index in [-0.39, 0.29) is 17.6 Å². The van der Waals surface area contributed by atoms with Crippen molar-refractivity contribution in [1.29, 1.82) is 0 Å². The van der Waals surface area contributed by atoms with E-state index in [0.29, 0.717) is 10.2 Å². The smallest absolute Gasteiger partial charge is 0.335 e. The van der Waals surface area contributed by atoms with Gasteiger partial charge in [0.1, 0.15) is 0 Å². The maximum absolute atomic E-state index is 11.9. The highest BCUT2D eigenvalue weighted by Gasteiger charge is 2.16. The Morgan fingerprint density at radius 2 is 1.85 bits per heavy atom. The molecule has 6 heteroatoms. The molecule has 1 saturated carbocycles. The van der Waals surface area contributed by atoms with Crippen molar-refractivity contribution in [1.82, 2.24) is 5.32 Å². The number of nitrogens with one attached hydrogen (secondary N) is 2. The predicted octanol–water partition coefficient (Wildman–Crippen LogP) is 3.60. The summed E-state index contributed by atoms with van der Waals surface area (Å²) in [6.07, 6.45) is 5.53. The van der Waals surface area contributed by atoms with Gasteiger partial charge in [0.15, 0.2) is 0 Å². The number of hydrogen-bond donors (Lipinski definition) is 3. The first kappa shape index (κ1) is 14.8. The van der Waals surface area contributed by atoms with Gasteiger partial charge < -0.3 is 15.7 Å². The first-order chi connectivity index (χ1) is 9.54. The molecule has 0 saturated heterocycles. The lowest BCUT2D eigenvalue weighted by Gasteiger charge is -2.22. The van der Waals surface area contributed by atoms with Crippen LogP contribution in [0.15, 0.2) is 22.7 Å². The number of rotatable bonds is 3. The average Bonchev–Trinajstić information content (AvgIpc) is 2.38. The maximum Gasteiger partial charge on any atom is 0.335 e. The van der Waals surface area contributed by atoms with Gasteiger partial charge in [-0.3, -0.25) is 0 Å². The van der Waals surface area contributed by atoms with Gasteiger partial charge in [0.25, 0.3) is 0 Å². The van der Waals surface area contributed by atoms with E-state index in [9.17, 15) is 9.59 Å². The van der Waals surface area contributed by atoms with Crippen LogP contribution in [0.1, 0.15) is 42.5 Å². The predicted molar refractivity (Wildman–Crippen MR) is 80.1 cm³/mol. The number of aromatic carboxylic acids is 1. The standard InChI is InChI=1S/C14H17BrN2O3/c15-10-6-9(13(18)19)7-12(8-10)17-14(20)16-11-4-2-1-3-5-11/h6-8,11H,1-5H2,(H,18,19)(H2,16,17,20). The molecule has 0 heterocycles.